The van der Waals surface area contributed by atoms with Gasteiger partial charge in [-0.1, -0.05) is 25.1 Å². The van der Waals surface area contributed by atoms with Crippen LogP contribution >= 0.6 is 0 Å². The lowest BCUT2D eigenvalue weighted by molar-refractivity contribution is -0.142. The van der Waals surface area contributed by atoms with Gasteiger partial charge in [0.2, 0.25) is 11.8 Å². The average molecular weight is 463 g/mol. The highest BCUT2D eigenvalue weighted by Crippen LogP contribution is 2.26. The molecule has 0 spiro atoms. The Kier molecular flexibility index (Phi) is 7.40. The van der Waals surface area contributed by atoms with Gasteiger partial charge in [0, 0.05) is 22.3 Å². The van der Waals surface area contributed by atoms with E-state index in [4.69, 9.17) is 9.94 Å². The molecule has 2 heterocycles. The Morgan fingerprint density at radius 2 is 1.91 bits per heavy atom. The van der Waals surface area contributed by atoms with Gasteiger partial charge in [0.05, 0.1) is 11.4 Å². The summed E-state index contributed by atoms with van der Waals surface area (Å²) < 4.78 is 6.00. The van der Waals surface area contributed by atoms with Crippen molar-refractivity contribution in [2.24, 2.45) is 5.92 Å². The molecule has 1 aromatic heterocycles. The van der Waals surface area contributed by atoms with Crippen LogP contribution in [0.2, 0.25) is 0 Å². The van der Waals surface area contributed by atoms with Crippen molar-refractivity contribution < 1.29 is 19.5 Å². The van der Waals surface area contributed by atoms with Crippen molar-refractivity contribution >= 4 is 28.4 Å². The molecule has 178 valence electrons. The monoisotopic (exact) mass is 462 g/mol. The number of para-hydroxylation sites is 1. The molecular formula is C26H30N4O4. The predicted octanol–water partition coefficient (Wildman–Crippen LogP) is 3.67. The summed E-state index contributed by atoms with van der Waals surface area (Å²) in [6.45, 7) is 5.71. The Morgan fingerprint density at radius 3 is 2.65 bits per heavy atom. The molecule has 0 aliphatic carbocycles. The van der Waals surface area contributed by atoms with Crippen LogP contribution < -0.4 is 15.5 Å². The van der Waals surface area contributed by atoms with Crippen molar-refractivity contribution in [1.29, 1.82) is 0 Å². The van der Waals surface area contributed by atoms with E-state index in [-0.39, 0.29) is 5.91 Å². The number of aromatic nitrogens is 1. The molecule has 1 saturated heterocycles. The maximum atomic E-state index is 13.1. The lowest BCUT2D eigenvalue weighted by Crippen LogP contribution is -2.55. The Balaban J connectivity index is 1.43. The normalized spacial score (nSPS) is 18.4. The summed E-state index contributed by atoms with van der Waals surface area (Å²) in [7, 11) is 0. The molecule has 3 aromatic rings. The molecule has 2 atom stereocenters. The maximum Gasteiger partial charge on any atom is 0.248 e. The molecule has 1 fully saturated rings. The van der Waals surface area contributed by atoms with E-state index in [0.717, 1.165) is 35.1 Å². The van der Waals surface area contributed by atoms with Crippen LogP contribution in [0.15, 0.2) is 54.6 Å². The zero-order valence-electron chi connectivity index (χ0n) is 19.5. The highest BCUT2D eigenvalue weighted by atomic mass is 16.5. The smallest absolute Gasteiger partial charge is 0.248 e. The van der Waals surface area contributed by atoms with E-state index in [1.54, 1.807) is 17.6 Å². The Labute approximate surface area is 198 Å². The molecule has 0 radical (unpaired) electrons. The van der Waals surface area contributed by atoms with Crippen LogP contribution in [-0.4, -0.2) is 46.0 Å². The molecule has 1 aliphatic heterocycles. The number of carbonyl (C=O) groups is 2. The van der Waals surface area contributed by atoms with E-state index in [2.05, 4.69) is 10.3 Å². The number of hydrogen-bond donors (Lipinski definition) is 3. The van der Waals surface area contributed by atoms with Crippen LogP contribution in [0.1, 0.15) is 31.0 Å². The summed E-state index contributed by atoms with van der Waals surface area (Å²) in [5.74, 6) is -0.703. The van der Waals surface area contributed by atoms with Gasteiger partial charge in [-0.3, -0.25) is 24.7 Å². The first-order chi connectivity index (χ1) is 16.5. The fourth-order valence-electron chi connectivity index (χ4n) is 4.65. The van der Waals surface area contributed by atoms with E-state index in [9.17, 15) is 9.59 Å². The van der Waals surface area contributed by atoms with Crippen LogP contribution in [-0.2, 0) is 16.2 Å². The third-order valence-electron chi connectivity index (χ3n) is 6.30. The third kappa shape index (κ3) is 5.18. The van der Waals surface area contributed by atoms with E-state index in [0.29, 0.717) is 31.0 Å². The number of hydrogen-bond acceptors (Lipinski definition) is 6. The van der Waals surface area contributed by atoms with Crippen molar-refractivity contribution in [2.45, 2.75) is 39.3 Å². The second-order valence-corrected chi connectivity index (χ2v) is 8.54. The fraction of sp³-hybridized carbons (Fsp3) is 0.346. The van der Waals surface area contributed by atoms with Crippen molar-refractivity contribution in [2.75, 3.05) is 18.4 Å². The SMILES string of the molecule is CCN1CCC[C@H](C(=O)NO)[C@H]1C(=O)Nc1ccc(OCc2cc(C)nc3ccccc23)cc1. The number of rotatable bonds is 7. The van der Waals surface area contributed by atoms with Crippen molar-refractivity contribution in [1.82, 2.24) is 15.4 Å². The number of ether oxygens (including phenoxy) is 1. The Morgan fingerprint density at radius 1 is 1.15 bits per heavy atom. The standard InChI is InChI=1S/C26H30N4O4/c1-3-30-14-6-8-22(25(31)29-33)24(30)26(32)28-19-10-12-20(13-11-19)34-16-18-15-17(2)27-23-9-5-4-7-21(18)23/h4-5,7,9-13,15,22,24,33H,3,6,8,14,16H2,1-2H3,(H,28,32)(H,29,31)/t22-,24-/m0/s1. The van der Waals surface area contributed by atoms with Crippen molar-refractivity contribution in [3.05, 3.63) is 65.9 Å². The lowest BCUT2D eigenvalue weighted by atomic mass is 9.87. The Hall–Kier alpha value is -3.49. The van der Waals surface area contributed by atoms with E-state index in [1.807, 2.05) is 61.2 Å². The Bertz CT molecular complexity index is 1170. The molecule has 2 amide bonds. The van der Waals surface area contributed by atoms with Gasteiger partial charge in [0.1, 0.15) is 18.4 Å². The summed E-state index contributed by atoms with van der Waals surface area (Å²) in [5, 5.41) is 13.1. The summed E-state index contributed by atoms with van der Waals surface area (Å²) >= 11 is 0. The van der Waals surface area contributed by atoms with Crippen LogP contribution in [0.25, 0.3) is 10.9 Å². The molecule has 8 heteroatoms. The lowest BCUT2D eigenvalue weighted by Gasteiger charge is -2.38. The van der Waals surface area contributed by atoms with Crippen LogP contribution in [0.5, 0.6) is 5.75 Å². The zero-order chi connectivity index (χ0) is 24.1. The number of piperidine rings is 1. The number of anilines is 1. The number of carbonyl (C=O) groups excluding carboxylic acids is 2. The minimum atomic E-state index is -0.634. The molecule has 0 unspecified atom stereocenters. The number of likely N-dealkylation sites (tertiary alicyclic amines) is 1. The number of aryl methyl sites for hydroxylation is 1. The van der Waals surface area contributed by atoms with Gasteiger partial charge < -0.3 is 10.1 Å². The number of hydroxylamine groups is 1. The molecule has 4 rings (SSSR count). The summed E-state index contributed by atoms with van der Waals surface area (Å²) in [6.07, 6.45) is 1.35. The van der Waals surface area contributed by atoms with Crippen LogP contribution in [0.4, 0.5) is 5.69 Å². The molecular weight excluding hydrogens is 432 g/mol. The number of likely N-dealkylation sites (N-methyl/N-ethyl adjacent to an activating group) is 1. The van der Waals surface area contributed by atoms with Gasteiger partial charge in [-0.25, -0.2) is 5.48 Å². The average Bonchev–Trinajstić information content (AvgIpc) is 2.86. The van der Waals surface area contributed by atoms with Gasteiger partial charge >= 0.3 is 0 Å². The minimum absolute atomic E-state index is 0.262. The number of benzene rings is 2. The number of amides is 2. The molecule has 1 aliphatic rings. The fourth-order valence-corrected chi connectivity index (χ4v) is 4.65. The third-order valence-corrected chi connectivity index (χ3v) is 6.30. The molecule has 34 heavy (non-hydrogen) atoms. The number of nitrogens with zero attached hydrogens (tertiary/aromatic N) is 2. The van der Waals surface area contributed by atoms with Gasteiger partial charge in [0.25, 0.3) is 0 Å². The topological polar surface area (TPSA) is 104 Å². The van der Waals surface area contributed by atoms with Crippen LogP contribution in [0.3, 0.4) is 0 Å². The summed E-state index contributed by atoms with van der Waals surface area (Å²) in [6, 6.07) is 16.6. The number of nitrogens with one attached hydrogen (secondary N) is 2. The summed E-state index contributed by atoms with van der Waals surface area (Å²) in [5.41, 5.74) is 5.27. The van der Waals surface area contributed by atoms with Crippen molar-refractivity contribution in [3.63, 3.8) is 0 Å². The van der Waals surface area contributed by atoms with Gasteiger partial charge in [-0.05, 0) is 69.3 Å². The van der Waals surface area contributed by atoms with E-state index in [1.165, 1.54) is 0 Å². The highest BCUT2D eigenvalue weighted by molar-refractivity contribution is 5.98. The summed E-state index contributed by atoms with van der Waals surface area (Å²) in [4.78, 5) is 31.7. The molecule has 0 bridgehead atoms. The van der Waals surface area contributed by atoms with E-state index >= 15 is 0 Å². The van der Waals surface area contributed by atoms with Crippen LogP contribution in [0, 0.1) is 12.8 Å². The largest absolute Gasteiger partial charge is 0.489 e. The van der Waals surface area contributed by atoms with E-state index < -0.39 is 17.9 Å². The minimum Gasteiger partial charge on any atom is -0.489 e. The molecule has 3 N–H and O–H groups in total. The quantitative estimate of drug-likeness (QED) is 0.366. The second kappa shape index (κ2) is 10.6. The first-order valence-corrected chi connectivity index (χ1v) is 11.6. The maximum absolute atomic E-state index is 13.1. The first-order valence-electron chi connectivity index (χ1n) is 11.6. The molecule has 2 aromatic carbocycles. The molecule has 0 saturated carbocycles. The zero-order valence-corrected chi connectivity index (χ0v) is 19.5. The number of pyridine rings is 1. The molecule has 8 nitrogen and oxygen atoms in total. The predicted molar refractivity (Wildman–Crippen MR) is 130 cm³/mol. The number of fused-ring (bicyclic) bond motifs is 1. The van der Waals surface area contributed by atoms with Gasteiger partial charge in [-0.15, -0.1) is 0 Å². The first kappa shape index (κ1) is 23.7. The van der Waals surface area contributed by atoms with Gasteiger partial charge in [0.15, 0.2) is 0 Å². The van der Waals surface area contributed by atoms with Gasteiger partial charge in [-0.2, -0.15) is 0 Å². The highest BCUT2D eigenvalue weighted by Gasteiger charge is 2.40. The van der Waals surface area contributed by atoms with Crippen molar-refractivity contribution in [3.8, 4) is 5.75 Å². The second-order valence-electron chi connectivity index (χ2n) is 8.54.